The molecule has 2 fully saturated rings. The first-order valence-electron chi connectivity index (χ1n) is 23.8. The SMILES string of the molecule is CNC(C)C(=O)NC(CCCCCCC(NC(=O)C(C)NC)C(=O)N1CC(F)(F)CC1C(=O)NC1CCCc2ccccc21)C(=O)N1CC(C)CC1C(=O)NC1CCCc2ccccc21. The maximum atomic E-state index is 15.1. The molecule has 14 nitrogen and oxygen atoms in total. The number of unbranched alkanes of at least 4 members (excludes halogenated alkanes) is 3. The summed E-state index contributed by atoms with van der Waals surface area (Å²) in [6.45, 7) is 4.80. The second kappa shape index (κ2) is 22.5. The molecule has 16 heteroatoms. The van der Waals surface area contributed by atoms with Crippen LogP contribution in [0.25, 0.3) is 0 Å². The minimum Gasteiger partial charge on any atom is -0.347 e. The van der Waals surface area contributed by atoms with E-state index >= 15 is 8.78 Å². The summed E-state index contributed by atoms with van der Waals surface area (Å²) in [7, 11) is 3.26. The smallest absolute Gasteiger partial charge is 0.267 e. The summed E-state index contributed by atoms with van der Waals surface area (Å²) in [6.07, 6.45) is 7.35. The zero-order chi connectivity index (χ0) is 46.8. The molecule has 6 N–H and O–H groups in total. The molecule has 6 amide bonds. The first-order chi connectivity index (χ1) is 31.1. The number of likely N-dealkylation sites (tertiary alicyclic amines) is 2. The summed E-state index contributed by atoms with van der Waals surface area (Å²) >= 11 is 0. The van der Waals surface area contributed by atoms with Crippen LogP contribution < -0.4 is 31.9 Å². The van der Waals surface area contributed by atoms with Crippen LogP contribution in [0.4, 0.5) is 8.78 Å². The van der Waals surface area contributed by atoms with Crippen molar-refractivity contribution in [3.8, 4) is 0 Å². The number of carbonyl (C=O) groups is 6. The Morgan fingerprint density at radius 3 is 1.63 bits per heavy atom. The molecule has 2 aromatic rings. The van der Waals surface area contributed by atoms with Gasteiger partial charge < -0.3 is 41.7 Å². The summed E-state index contributed by atoms with van der Waals surface area (Å²) in [5, 5.41) is 17.7. The van der Waals surface area contributed by atoms with Gasteiger partial charge in [0.2, 0.25) is 35.4 Å². The average Bonchev–Trinajstić information content (AvgIpc) is 3.87. The van der Waals surface area contributed by atoms with Gasteiger partial charge >= 0.3 is 0 Å². The lowest BCUT2D eigenvalue weighted by molar-refractivity contribution is -0.142. The summed E-state index contributed by atoms with van der Waals surface area (Å²) in [4.78, 5) is 85.1. The maximum Gasteiger partial charge on any atom is 0.267 e. The Balaban J connectivity index is 1.08. The number of aryl methyl sites for hydroxylation is 2. The van der Waals surface area contributed by atoms with Crippen molar-refractivity contribution >= 4 is 35.4 Å². The summed E-state index contributed by atoms with van der Waals surface area (Å²) in [5.41, 5.74) is 4.38. The standard InChI is InChI=1S/C49H70F2N8O6/c1-30-26-41(45(62)54-37-24-14-18-33-16-10-12-20-35(33)37)58(28-30)47(64)39(56-43(60)31(2)52-4)22-8-6-7-9-23-40(57-44(61)32(3)53-5)48(65)59-29-49(50,51)27-42(59)46(63)55-38-25-15-19-34-17-11-13-21-36(34)38/h10-13,16-17,20-21,30-32,37-42,52-53H,6-9,14-15,18-19,22-29H2,1-5H3,(H,54,62)(H,55,63)(H,56,60)(H,57,61). The van der Waals surface area contributed by atoms with E-state index < -0.39 is 72.9 Å². The topological polar surface area (TPSA) is 181 Å². The lowest BCUT2D eigenvalue weighted by Gasteiger charge is -2.32. The number of rotatable bonds is 19. The second-order valence-electron chi connectivity index (χ2n) is 18.8. The highest BCUT2D eigenvalue weighted by Crippen LogP contribution is 2.36. The average molecular weight is 905 g/mol. The number of hydrogen-bond acceptors (Lipinski definition) is 8. The maximum absolute atomic E-state index is 15.1. The number of nitrogens with zero attached hydrogens (tertiary/aromatic N) is 2. The molecule has 0 radical (unpaired) electrons. The summed E-state index contributed by atoms with van der Waals surface area (Å²) < 4.78 is 30.2. The van der Waals surface area contributed by atoms with Crippen molar-refractivity contribution in [2.45, 2.75) is 165 Å². The molecule has 2 saturated heterocycles. The molecule has 6 rings (SSSR count). The van der Waals surface area contributed by atoms with Crippen LogP contribution in [0.2, 0.25) is 0 Å². The second-order valence-corrected chi connectivity index (χ2v) is 18.8. The van der Waals surface area contributed by atoms with E-state index in [1.165, 1.54) is 5.56 Å². The van der Waals surface area contributed by atoms with Gasteiger partial charge in [0, 0.05) is 13.0 Å². The van der Waals surface area contributed by atoms with E-state index in [-0.39, 0.29) is 42.1 Å². The van der Waals surface area contributed by atoms with E-state index in [4.69, 9.17) is 0 Å². The minimum absolute atomic E-state index is 0.0824. The number of amides is 6. The Morgan fingerprint density at radius 2 is 1.14 bits per heavy atom. The molecule has 9 unspecified atom stereocenters. The Labute approximate surface area is 382 Å². The molecule has 2 aliphatic heterocycles. The fourth-order valence-corrected chi connectivity index (χ4v) is 9.99. The number of halogens is 2. The van der Waals surface area contributed by atoms with E-state index in [2.05, 4.69) is 44.0 Å². The Kier molecular flexibility index (Phi) is 17.1. The van der Waals surface area contributed by atoms with Crippen molar-refractivity contribution in [2.75, 3.05) is 27.2 Å². The van der Waals surface area contributed by atoms with Gasteiger partial charge in [-0.1, -0.05) is 81.1 Å². The third kappa shape index (κ3) is 12.5. The summed E-state index contributed by atoms with van der Waals surface area (Å²) in [5.74, 6) is -5.90. The van der Waals surface area contributed by atoms with Crippen molar-refractivity contribution in [1.29, 1.82) is 0 Å². The molecule has 2 heterocycles. The van der Waals surface area contributed by atoms with Gasteiger partial charge in [-0.25, -0.2) is 8.78 Å². The number of likely N-dealkylation sites (N-methyl/N-ethyl adjacent to an activating group) is 2. The van der Waals surface area contributed by atoms with Gasteiger partial charge in [0.05, 0.1) is 30.7 Å². The van der Waals surface area contributed by atoms with E-state index in [0.29, 0.717) is 51.5 Å². The fourth-order valence-electron chi connectivity index (χ4n) is 9.99. The quantitative estimate of drug-likeness (QED) is 0.113. The third-order valence-corrected chi connectivity index (χ3v) is 13.9. The molecular formula is C49H70F2N8O6. The Morgan fingerprint density at radius 1 is 0.677 bits per heavy atom. The first-order valence-corrected chi connectivity index (χ1v) is 23.8. The largest absolute Gasteiger partial charge is 0.347 e. The fraction of sp³-hybridized carbons (Fsp3) is 0.633. The molecule has 0 bridgehead atoms. The number of carbonyl (C=O) groups excluding carboxylic acids is 6. The van der Waals surface area contributed by atoms with Crippen molar-refractivity contribution < 1.29 is 37.5 Å². The molecule has 0 aromatic heterocycles. The van der Waals surface area contributed by atoms with Crippen LogP contribution in [0, 0.1) is 5.92 Å². The van der Waals surface area contributed by atoms with Gasteiger partial charge in [-0.2, -0.15) is 0 Å². The Hall–Kier alpha value is -4.96. The normalized spacial score (nSPS) is 24.1. The third-order valence-electron chi connectivity index (χ3n) is 13.9. The van der Waals surface area contributed by atoms with Crippen LogP contribution in [0.15, 0.2) is 48.5 Å². The van der Waals surface area contributed by atoms with Crippen LogP contribution in [-0.4, -0.2) is 115 Å². The highest BCUT2D eigenvalue weighted by molar-refractivity contribution is 5.95. The van der Waals surface area contributed by atoms with Gasteiger partial charge in [0.1, 0.15) is 24.2 Å². The first kappa shape index (κ1) is 49.5. The molecule has 65 heavy (non-hydrogen) atoms. The highest BCUT2D eigenvalue weighted by Gasteiger charge is 2.51. The van der Waals surface area contributed by atoms with Crippen molar-refractivity contribution in [3.63, 3.8) is 0 Å². The van der Waals surface area contributed by atoms with Gasteiger partial charge in [0.15, 0.2) is 0 Å². The number of fused-ring (bicyclic) bond motifs is 2. The lowest BCUT2D eigenvalue weighted by atomic mass is 9.87. The molecule has 0 spiro atoms. The van der Waals surface area contributed by atoms with Crippen LogP contribution in [0.1, 0.15) is 132 Å². The molecule has 0 saturated carbocycles. The van der Waals surface area contributed by atoms with Crippen LogP contribution in [-0.2, 0) is 41.6 Å². The van der Waals surface area contributed by atoms with Crippen molar-refractivity contribution in [2.24, 2.45) is 5.92 Å². The molecular weight excluding hydrogens is 835 g/mol. The van der Waals surface area contributed by atoms with Crippen LogP contribution in [0.5, 0.6) is 0 Å². The molecule has 2 aromatic carbocycles. The zero-order valence-corrected chi connectivity index (χ0v) is 38.7. The van der Waals surface area contributed by atoms with Gasteiger partial charge in [0.25, 0.3) is 5.92 Å². The minimum atomic E-state index is -3.29. The predicted molar refractivity (Wildman–Crippen MR) is 243 cm³/mol. The zero-order valence-electron chi connectivity index (χ0n) is 38.7. The van der Waals surface area contributed by atoms with E-state index in [1.54, 1.807) is 32.8 Å². The summed E-state index contributed by atoms with van der Waals surface area (Å²) in [6, 6.07) is 10.0. The lowest BCUT2D eigenvalue weighted by Crippen LogP contribution is -2.56. The molecule has 9 atom stereocenters. The Bertz CT molecular complexity index is 2020. The highest BCUT2D eigenvalue weighted by atomic mass is 19.3. The van der Waals surface area contributed by atoms with E-state index in [1.807, 2.05) is 43.3 Å². The van der Waals surface area contributed by atoms with Gasteiger partial charge in [-0.3, -0.25) is 28.8 Å². The van der Waals surface area contributed by atoms with E-state index in [9.17, 15) is 28.8 Å². The van der Waals surface area contributed by atoms with Crippen LogP contribution in [0.3, 0.4) is 0 Å². The number of alkyl halides is 2. The molecule has 4 aliphatic rings. The van der Waals surface area contributed by atoms with Gasteiger partial charge in [-0.15, -0.1) is 0 Å². The van der Waals surface area contributed by atoms with Gasteiger partial charge in [-0.05, 0) is 114 Å². The van der Waals surface area contributed by atoms with Crippen molar-refractivity contribution in [1.82, 2.24) is 41.7 Å². The van der Waals surface area contributed by atoms with E-state index in [0.717, 1.165) is 53.7 Å². The molecule has 356 valence electrons. The van der Waals surface area contributed by atoms with Crippen molar-refractivity contribution in [3.05, 3.63) is 70.8 Å². The van der Waals surface area contributed by atoms with Crippen LogP contribution >= 0.6 is 0 Å². The number of benzene rings is 2. The monoisotopic (exact) mass is 905 g/mol. The number of nitrogens with one attached hydrogen (secondary N) is 6. The number of hydrogen-bond donors (Lipinski definition) is 6. The molecule has 2 aliphatic carbocycles. The predicted octanol–water partition coefficient (Wildman–Crippen LogP) is 4.37.